The number of anilines is 1. The zero-order valence-corrected chi connectivity index (χ0v) is 16.5. The van der Waals surface area contributed by atoms with E-state index in [1.54, 1.807) is 6.92 Å². The molecular formula is C18H24N4O6. The minimum atomic E-state index is -0.763. The van der Waals surface area contributed by atoms with Crippen molar-refractivity contribution < 1.29 is 28.5 Å². The summed E-state index contributed by atoms with van der Waals surface area (Å²) in [5.41, 5.74) is 5.83. The summed E-state index contributed by atoms with van der Waals surface area (Å²) in [5, 5.41) is 8.15. The first-order valence-corrected chi connectivity index (χ1v) is 8.62. The van der Waals surface area contributed by atoms with Crippen LogP contribution in [0, 0.1) is 0 Å². The molecule has 1 aromatic carbocycles. The number of hydrogen-bond acceptors (Lipinski definition) is 9. The molecule has 2 N–H and O–H groups in total. The van der Waals surface area contributed by atoms with Gasteiger partial charge in [-0.2, -0.15) is 4.80 Å². The summed E-state index contributed by atoms with van der Waals surface area (Å²) in [6, 6.07) is 2.89. The molecule has 10 heteroatoms. The lowest BCUT2D eigenvalue weighted by atomic mass is 10.0. The van der Waals surface area contributed by atoms with Gasteiger partial charge in [0.2, 0.25) is 11.5 Å². The number of ketones is 1. The molecule has 0 saturated heterocycles. The van der Waals surface area contributed by atoms with Crippen molar-refractivity contribution in [2.45, 2.75) is 33.6 Å². The summed E-state index contributed by atoms with van der Waals surface area (Å²) in [4.78, 5) is 26.5. The van der Waals surface area contributed by atoms with Crippen molar-refractivity contribution in [3.63, 3.8) is 0 Å². The molecule has 28 heavy (non-hydrogen) atoms. The Balaban J connectivity index is 2.49. The average molecular weight is 392 g/mol. The molecule has 1 heterocycles. The van der Waals surface area contributed by atoms with Crippen molar-refractivity contribution in [3.8, 4) is 11.5 Å². The molecule has 152 valence electrons. The van der Waals surface area contributed by atoms with E-state index in [0.717, 1.165) is 4.80 Å². The van der Waals surface area contributed by atoms with Crippen molar-refractivity contribution >= 4 is 17.4 Å². The summed E-state index contributed by atoms with van der Waals surface area (Å²) in [6.07, 6.45) is -0.0855. The quantitative estimate of drug-likeness (QED) is 0.385. The number of methoxy groups -OCH3 is 2. The van der Waals surface area contributed by atoms with Gasteiger partial charge >= 0.3 is 5.97 Å². The van der Waals surface area contributed by atoms with Crippen LogP contribution in [-0.2, 0) is 16.2 Å². The molecule has 2 aromatic rings. The number of esters is 1. The Bertz CT molecular complexity index is 862. The smallest absolute Gasteiger partial charge is 0.361 e. The first kappa shape index (κ1) is 21.2. The van der Waals surface area contributed by atoms with E-state index in [0.29, 0.717) is 11.5 Å². The third-order valence-corrected chi connectivity index (χ3v) is 3.66. The maximum atomic E-state index is 13.1. The topological polar surface area (TPSA) is 128 Å². The van der Waals surface area contributed by atoms with Crippen LogP contribution < -0.4 is 15.2 Å². The molecule has 0 aliphatic rings. The SMILES string of the molecule is CCOC(=O)c1nn(COC(C)C)nc1C(=O)c1cc(OC)c(OC)cc1N. The Kier molecular flexibility index (Phi) is 6.94. The largest absolute Gasteiger partial charge is 0.493 e. The summed E-state index contributed by atoms with van der Waals surface area (Å²) in [5.74, 6) is -0.678. The van der Waals surface area contributed by atoms with Crippen molar-refractivity contribution in [1.29, 1.82) is 0 Å². The predicted molar refractivity (Wildman–Crippen MR) is 99.6 cm³/mol. The van der Waals surface area contributed by atoms with Crippen LogP contribution in [0.2, 0.25) is 0 Å². The van der Waals surface area contributed by atoms with E-state index in [9.17, 15) is 9.59 Å². The number of nitrogen functional groups attached to an aromatic ring is 1. The van der Waals surface area contributed by atoms with Gasteiger partial charge in [0, 0.05) is 11.8 Å². The molecule has 0 amide bonds. The molecule has 0 saturated carbocycles. The highest BCUT2D eigenvalue weighted by molar-refractivity contribution is 6.15. The van der Waals surface area contributed by atoms with Crippen LogP contribution in [0.1, 0.15) is 47.3 Å². The molecule has 1 aromatic heterocycles. The van der Waals surface area contributed by atoms with E-state index in [1.165, 1.54) is 26.4 Å². The first-order chi connectivity index (χ1) is 13.3. The molecule has 0 atom stereocenters. The van der Waals surface area contributed by atoms with Crippen molar-refractivity contribution in [1.82, 2.24) is 15.0 Å². The van der Waals surface area contributed by atoms with Crippen LogP contribution in [0.5, 0.6) is 11.5 Å². The monoisotopic (exact) mass is 392 g/mol. The van der Waals surface area contributed by atoms with Crippen LogP contribution in [0.4, 0.5) is 5.69 Å². The number of carbonyl (C=O) groups excluding carboxylic acids is 2. The van der Waals surface area contributed by atoms with Gasteiger partial charge in [0.25, 0.3) is 0 Å². The highest BCUT2D eigenvalue weighted by Crippen LogP contribution is 2.33. The van der Waals surface area contributed by atoms with Gasteiger partial charge in [-0.1, -0.05) is 0 Å². The van der Waals surface area contributed by atoms with Crippen LogP contribution in [0.15, 0.2) is 12.1 Å². The number of carbonyl (C=O) groups is 2. The van der Waals surface area contributed by atoms with Gasteiger partial charge in [-0.25, -0.2) is 4.79 Å². The van der Waals surface area contributed by atoms with E-state index < -0.39 is 11.8 Å². The standard InChI is InChI=1S/C18H24N4O6/c1-6-27-18(24)16-15(20-22(21-16)9-28-10(2)3)17(23)11-7-13(25-4)14(26-5)8-12(11)19/h7-8,10H,6,9,19H2,1-5H3. The number of rotatable bonds is 9. The lowest BCUT2D eigenvalue weighted by Crippen LogP contribution is -2.14. The van der Waals surface area contributed by atoms with E-state index >= 15 is 0 Å². The predicted octanol–water partition coefficient (Wildman–Crippen LogP) is 1.67. The lowest BCUT2D eigenvalue weighted by Gasteiger charge is -2.11. The summed E-state index contributed by atoms with van der Waals surface area (Å²) >= 11 is 0. The minimum Gasteiger partial charge on any atom is -0.493 e. The van der Waals surface area contributed by atoms with Gasteiger partial charge in [0.15, 0.2) is 23.9 Å². The summed E-state index contributed by atoms with van der Waals surface area (Å²) in [7, 11) is 2.89. The van der Waals surface area contributed by atoms with Crippen molar-refractivity contribution in [2.75, 3.05) is 26.6 Å². The maximum Gasteiger partial charge on any atom is 0.361 e. The molecule has 0 bridgehead atoms. The Morgan fingerprint density at radius 2 is 1.71 bits per heavy atom. The van der Waals surface area contributed by atoms with E-state index in [1.807, 2.05) is 13.8 Å². The average Bonchev–Trinajstić information content (AvgIpc) is 3.10. The van der Waals surface area contributed by atoms with E-state index in [2.05, 4.69) is 10.2 Å². The fourth-order valence-corrected chi connectivity index (χ4v) is 2.33. The van der Waals surface area contributed by atoms with Crippen molar-refractivity contribution in [2.24, 2.45) is 0 Å². The highest BCUT2D eigenvalue weighted by Gasteiger charge is 2.28. The fourth-order valence-electron chi connectivity index (χ4n) is 2.33. The van der Waals surface area contributed by atoms with Crippen LogP contribution >= 0.6 is 0 Å². The molecule has 0 fully saturated rings. The number of benzene rings is 1. The van der Waals surface area contributed by atoms with Crippen LogP contribution in [-0.4, -0.2) is 53.7 Å². The second-order valence-electron chi connectivity index (χ2n) is 5.96. The van der Waals surface area contributed by atoms with Crippen LogP contribution in [0.25, 0.3) is 0 Å². The maximum absolute atomic E-state index is 13.1. The van der Waals surface area contributed by atoms with Gasteiger partial charge in [-0.3, -0.25) is 4.79 Å². The third-order valence-electron chi connectivity index (χ3n) is 3.66. The van der Waals surface area contributed by atoms with Gasteiger partial charge in [0.05, 0.1) is 32.5 Å². The number of hydrogen-bond donors (Lipinski definition) is 1. The van der Waals surface area contributed by atoms with Gasteiger partial charge < -0.3 is 24.7 Å². The molecule has 0 aliphatic carbocycles. The molecule has 0 spiro atoms. The van der Waals surface area contributed by atoms with Gasteiger partial charge in [0.1, 0.15) is 0 Å². The van der Waals surface area contributed by atoms with Gasteiger partial charge in [-0.15, -0.1) is 10.2 Å². The Morgan fingerprint density at radius 3 is 2.29 bits per heavy atom. The first-order valence-electron chi connectivity index (χ1n) is 8.62. The number of nitrogens with zero attached hydrogens (tertiary/aromatic N) is 3. The summed E-state index contributed by atoms with van der Waals surface area (Å²) < 4.78 is 20.8. The Labute approximate surface area is 162 Å². The summed E-state index contributed by atoms with van der Waals surface area (Å²) in [6.45, 7) is 5.43. The minimum absolute atomic E-state index is 0.0290. The fraction of sp³-hybridized carbons (Fsp3) is 0.444. The number of aromatic nitrogens is 3. The molecular weight excluding hydrogens is 368 g/mol. The molecule has 0 unspecified atom stereocenters. The Hall–Kier alpha value is -3.14. The molecule has 2 rings (SSSR count). The van der Waals surface area contributed by atoms with Crippen LogP contribution in [0.3, 0.4) is 0 Å². The number of nitrogens with two attached hydrogens (primary N) is 1. The second kappa shape index (κ2) is 9.18. The normalized spacial score (nSPS) is 10.8. The van der Waals surface area contributed by atoms with E-state index in [4.69, 9.17) is 24.7 Å². The number of ether oxygens (including phenoxy) is 4. The van der Waals surface area contributed by atoms with E-state index in [-0.39, 0.29) is 42.1 Å². The highest BCUT2D eigenvalue weighted by atomic mass is 16.5. The molecule has 0 aliphatic heterocycles. The van der Waals surface area contributed by atoms with Gasteiger partial charge in [-0.05, 0) is 26.8 Å². The molecule has 10 nitrogen and oxygen atoms in total. The third kappa shape index (κ3) is 4.58. The zero-order chi connectivity index (χ0) is 20.8. The second-order valence-corrected chi connectivity index (χ2v) is 5.96. The zero-order valence-electron chi connectivity index (χ0n) is 16.5. The Morgan fingerprint density at radius 1 is 1.11 bits per heavy atom. The molecule has 0 radical (unpaired) electrons. The lowest BCUT2D eigenvalue weighted by molar-refractivity contribution is 0.0139. The van der Waals surface area contributed by atoms with Crippen molar-refractivity contribution in [3.05, 3.63) is 29.1 Å².